The first kappa shape index (κ1) is 22.7. The van der Waals surface area contributed by atoms with Gasteiger partial charge in [0, 0.05) is 25.1 Å². The quantitative estimate of drug-likeness (QED) is 0.476. The molecule has 4 aromatic rings. The van der Waals surface area contributed by atoms with Crippen molar-refractivity contribution in [3.63, 3.8) is 0 Å². The number of imidazole rings is 2. The maximum atomic E-state index is 13.6. The minimum absolute atomic E-state index is 0.00603. The molecule has 1 aliphatic heterocycles. The van der Waals surface area contributed by atoms with Crippen molar-refractivity contribution in [2.45, 2.75) is 33.2 Å². The molecule has 2 N–H and O–H groups in total. The number of carbonyl (C=O) groups excluding carboxylic acids is 2. The first-order chi connectivity index (χ1) is 16.6. The zero-order valence-electron chi connectivity index (χ0n) is 19.8. The summed E-state index contributed by atoms with van der Waals surface area (Å²) in [5.74, 6) is -0.856. The molecule has 1 aromatic carbocycles. The molecule has 3 aromatic heterocycles. The van der Waals surface area contributed by atoms with Gasteiger partial charge in [-0.1, -0.05) is 20.8 Å². The van der Waals surface area contributed by atoms with Crippen molar-refractivity contribution < 1.29 is 14.0 Å². The summed E-state index contributed by atoms with van der Waals surface area (Å²) in [6.07, 6.45) is 3.59. The number of halogens is 1. The molecule has 1 fully saturated rings. The molecule has 10 heteroatoms. The number of likely N-dealkylation sites (tertiary alicyclic amines) is 1. The molecular weight excluding hydrogens is 449 g/mol. The maximum absolute atomic E-state index is 13.6. The highest BCUT2D eigenvalue weighted by atomic mass is 19.1. The summed E-state index contributed by atoms with van der Waals surface area (Å²) in [7, 11) is 0. The molecule has 2 amide bonds. The van der Waals surface area contributed by atoms with Gasteiger partial charge in [-0.05, 0) is 41.8 Å². The number of nitrogens with zero attached hydrogens (tertiary/aromatic N) is 6. The van der Waals surface area contributed by atoms with Crippen LogP contribution < -0.4 is 5.73 Å². The second-order valence-electron chi connectivity index (χ2n) is 10.0. The fourth-order valence-corrected chi connectivity index (χ4v) is 4.28. The van der Waals surface area contributed by atoms with Gasteiger partial charge < -0.3 is 15.2 Å². The molecule has 0 spiro atoms. The van der Waals surface area contributed by atoms with Crippen LogP contribution in [0.1, 0.15) is 43.7 Å². The van der Waals surface area contributed by atoms with Crippen LogP contribution in [0.15, 0.2) is 48.9 Å². The van der Waals surface area contributed by atoms with E-state index >= 15 is 0 Å². The molecular formula is C25H26FN7O2. The van der Waals surface area contributed by atoms with Crippen molar-refractivity contribution in [2.24, 2.45) is 11.1 Å². The minimum Gasteiger partial charge on any atom is -0.364 e. The van der Waals surface area contributed by atoms with E-state index in [0.29, 0.717) is 42.2 Å². The van der Waals surface area contributed by atoms with Crippen molar-refractivity contribution in [1.82, 2.24) is 29.0 Å². The molecule has 0 saturated carbocycles. The van der Waals surface area contributed by atoms with Crippen LogP contribution in [0.3, 0.4) is 0 Å². The molecule has 35 heavy (non-hydrogen) atoms. The Balaban J connectivity index is 1.55. The number of hydrogen-bond acceptors (Lipinski definition) is 5. The molecule has 0 atom stereocenters. The number of amides is 2. The number of fused-ring (bicyclic) bond motifs is 1. The first-order valence-corrected chi connectivity index (χ1v) is 11.4. The maximum Gasteiger partial charge on any atom is 0.269 e. The van der Waals surface area contributed by atoms with Gasteiger partial charge >= 0.3 is 0 Å². The van der Waals surface area contributed by atoms with E-state index in [0.717, 1.165) is 5.56 Å². The Labute approximate surface area is 201 Å². The van der Waals surface area contributed by atoms with Crippen molar-refractivity contribution in [2.75, 3.05) is 13.1 Å². The lowest BCUT2D eigenvalue weighted by Crippen LogP contribution is -2.51. The monoisotopic (exact) mass is 475 g/mol. The van der Waals surface area contributed by atoms with E-state index in [9.17, 15) is 14.0 Å². The zero-order chi connectivity index (χ0) is 24.9. The van der Waals surface area contributed by atoms with E-state index in [1.165, 1.54) is 22.8 Å². The average Bonchev–Trinajstić information content (AvgIpc) is 3.36. The summed E-state index contributed by atoms with van der Waals surface area (Å²) >= 11 is 0. The lowest BCUT2D eigenvalue weighted by Gasteiger charge is -2.41. The fourth-order valence-electron chi connectivity index (χ4n) is 4.28. The van der Waals surface area contributed by atoms with E-state index in [2.05, 4.69) is 15.1 Å². The Morgan fingerprint density at radius 2 is 1.80 bits per heavy atom. The third kappa shape index (κ3) is 4.27. The molecule has 0 radical (unpaired) electrons. The number of primary amides is 1. The predicted molar refractivity (Wildman–Crippen MR) is 128 cm³/mol. The Morgan fingerprint density at radius 3 is 2.46 bits per heavy atom. The summed E-state index contributed by atoms with van der Waals surface area (Å²) < 4.78 is 17.0. The number of nitrogens with two attached hydrogens (primary N) is 1. The van der Waals surface area contributed by atoms with Crippen LogP contribution in [0.25, 0.3) is 28.3 Å². The van der Waals surface area contributed by atoms with Gasteiger partial charge in [-0.15, -0.1) is 0 Å². The highest BCUT2D eigenvalue weighted by Crippen LogP contribution is 2.35. The van der Waals surface area contributed by atoms with Gasteiger partial charge in [-0.25, -0.2) is 18.9 Å². The van der Waals surface area contributed by atoms with Gasteiger partial charge in [0.05, 0.1) is 30.0 Å². The highest BCUT2D eigenvalue weighted by molar-refractivity contribution is 5.91. The standard InChI is InChI=1S/C25H26FN7O2/c1-25(2,3)10-21(34)31-12-17(13-31)32-14-29-22(15-4-6-16(26)7-5-15)23(32)18-8-9-20-28-11-19(24(27)35)33(20)30-18/h4-9,11,14,17H,10,12-13H2,1-3H3,(H2,27,35). The third-order valence-corrected chi connectivity index (χ3v) is 6.06. The third-order valence-electron chi connectivity index (χ3n) is 6.06. The minimum atomic E-state index is -0.638. The second kappa shape index (κ2) is 8.30. The van der Waals surface area contributed by atoms with Crippen molar-refractivity contribution in [3.05, 3.63) is 60.4 Å². The molecule has 0 unspecified atom stereocenters. The Bertz CT molecular complexity index is 1430. The molecule has 5 rings (SSSR count). The summed E-state index contributed by atoms with van der Waals surface area (Å²) in [5.41, 5.74) is 8.66. The van der Waals surface area contributed by atoms with E-state index < -0.39 is 5.91 Å². The van der Waals surface area contributed by atoms with E-state index in [1.54, 1.807) is 30.6 Å². The van der Waals surface area contributed by atoms with E-state index in [-0.39, 0.29) is 28.9 Å². The van der Waals surface area contributed by atoms with Crippen LogP contribution in [0.2, 0.25) is 0 Å². The van der Waals surface area contributed by atoms with Crippen LogP contribution >= 0.6 is 0 Å². The smallest absolute Gasteiger partial charge is 0.269 e. The number of benzene rings is 1. The fraction of sp³-hybridized carbons (Fsp3) is 0.320. The van der Waals surface area contributed by atoms with Crippen molar-refractivity contribution in [3.8, 4) is 22.6 Å². The van der Waals surface area contributed by atoms with Crippen molar-refractivity contribution in [1.29, 1.82) is 0 Å². The van der Waals surface area contributed by atoms with Crippen molar-refractivity contribution >= 4 is 17.5 Å². The molecule has 1 aliphatic rings. The normalized spacial score (nSPS) is 14.3. The topological polar surface area (TPSA) is 111 Å². The summed E-state index contributed by atoms with van der Waals surface area (Å²) in [4.78, 5) is 35.2. The van der Waals surface area contributed by atoms with Gasteiger partial charge in [-0.2, -0.15) is 5.10 Å². The summed E-state index contributed by atoms with van der Waals surface area (Å²) in [5, 5.41) is 4.64. The molecule has 180 valence electrons. The summed E-state index contributed by atoms with van der Waals surface area (Å²) in [6, 6.07) is 9.64. The van der Waals surface area contributed by atoms with Gasteiger partial charge in [0.15, 0.2) is 5.65 Å². The Hall–Kier alpha value is -4.08. The lowest BCUT2D eigenvalue weighted by atomic mass is 9.90. The highest BCUT2D eigenvalue weighted by Gasteiger charge is 2.35. The van der Waals surface area contributed by atoms with Gasteiger partial charge in [0.25, 0.3) is 5.91 Å². The molecule has 1 saturated heterocycles. The summed E-state index contributed by atoms with van der Waals surface area (Å²) in [6.45, 7) is 7.25. The zero-order valence-corrected chi connectivity index (χ0v) is 19.8. The molecule has 0 aliphatic carbocycles. The molecule has 9 nitrogen and oxygen atoms in total. The number of carbonyl (C=O) groups is 2. The lowest BCUT2D eigenvalue weighted by molar-refractivity contribution is -0.138. The van der Waals surface area contributed by atoms with Gasteiger partial charge in [-0.3, -0.25) is 9.59 Å². The largest absolute Gasteiger partial charge is 0.364 e. The average molecular weight is 476 g/mol. The van der Waals surface area contributed by atoms with Crippen LogP contribution in [-0.4, -0.2) is 54.0 Å². The van der Waals surface area contributed by atoms with Crippen LogP contribution in [-0.2, 0) is 4.79 Å². The van der Waals surface area contributed by atoms with Gasteiger partial charge in [0.1, 0.15) is 17.2 Å². The van der Waals surface area contributed by atoms with Crippen LogP contribution in [0.5, 0.6) is 0 Å². The number of hydrogen-bond donors (Lipinski definition) is 1. The Morgan fingerprint density at radius 1 is 1.09 bits per heavy atom. The van der Waals surface area contributed by atoms with E-state index in [1.807, 2.05) is 30.2 Å². The predicted octanol–water partition coefficient (Wildman–Crippen LogP) is 3.32. The second-order valence-corrected chi connectivity index (χ2v) is 10.0. The van der Waals surface area contributed by atoms with Gasteiger partial charge in [0.2, 0.25) is 5.91 Å². The van der Waals surface area contributed by atoms with Crippen LogP contribution in [0.4, 0.5) is 4.39 Å². The SMILES string of the molecule is CC(C)(C)CC(=O)N1CC(n2cnc(-c3ccc(F)cc3)c2-c2ccc3ncc(C(N)=O)n3n2)C1. The molecule has 4 heterocycles. The molecule has 0 bridgehead atoms. The van der Waals surface area contributed by atoms with E-state index in [4.69, 9.17) is 5.73 Å². The van der Waals surface area contributed by atoms with Crippen LogP contribution in [0, 0.1) is 11.2 Å². The Kier molecular flexibility index (Phi) is 5.38. The first-order valence-electron chi connectivity index (χ1n) is 11.4. The number of aromatic nitrogens is 5. The number of rotatable bonds is 5.